The van der Waals surface area contributed by atoms with Crippen molar-refractivity contribution in [3.05, 3.63) is 88.4 Å². The quantitative estimate of drug-likeness (QED) is 0.377. The Kier molecular flexibility index (Phi) is 6.15. The largest absolute Gasteiger partial charge is 0.480 e. The number of carboxylic acid groups (broad SMARTS) is 1. The number of fused-ring (bicyclic) bond motifs is 1. The maximum Gasteiger partial charge on any atom is 0.322 e. The monoisotopic (exact) mass is 464 g/mol. The van der Waals surface area contributed by atoms with Crippen LogP contribution in [-0.4, -0.2) is 30.5 Å². The highest BCUT2D eigenvalue weighted by atomic mass is 32.2. The van der Waals surface area contributed by atoms with Crippen LogP contribution in [0.5, 0.6) is 0 Å². The van der Waals surface area contributed by atoms with E-state index >= 15 is 0 Å². The summed E-state index contributed by atoms with van der Waals surface area (Å²) >= 11 is 1.01. The lowest BCUT2D eigenvalue weighted by Crippen LogP contribution is -2.41. The topological polar surface area (TPSA) is 99.3 Å². The average Bonchev–Trinajstić information content (AvgIpc) is 3.41. The fourth-order valence-electron chi connectivity index (χ4n) is 3.32. The first-order valence-corrected chi connectivity index (χ1v) is 12.1. The molecule has 4 rings (SSSR count). The highest BCUT2D eigenvalue weighted by Gasteiger charge is 2.27. The van der Waals surface area contributed by atoms with Gasteiger partial charge in [-0.2, -0.15) is 4.72 Å². The number of benzene rings is 2. The number of aryl methyl sites for hydroxylation is 1. The zero-order valence-corrected chi connectivity index (χ0v) is 18.8. The smallest absolute Gasteiger partial charge is 0.322 e. The maximum absolute atomic E-state index is 12.9. The van der Waals surface area contributed by atoms with Gasteiger partial charge in [0.25, 0.3) is 10.0 Å². The summed E-state index contributed by atoms with van der Waals surface area (Å²) in [7, 11) is -4.02. The van der Waals surface area contributed by atoms with Gasteiger partial charge in [-0.1, -0.05) is 48.2 Å². The summed E-state index contributed by atoms with van der Waals surface area (Å²) in [6, 6.07) is 16.9. The molecule has 4 aromatic rings. The number of carboxylic acids is 1. The predicted octanol–water partition coefficient (Wildman–Crippen LogP) is 3.91. The van der Waals surface area contributed by atoms with E-state index in [2.05, 4.69) is 21.5 Å². The van der Waals surface area contributed by atoms with Gasteiger partial charge in [-0.15, -0.1) is 11.3 Å². The van der Waals surface area contributed by atoms with Crippen molar-refractivity contribution in [3.63, 3.8) is 0 Å². The molecule has 3 N–H and O–H groups in total. The molecule has 0 spiro atoms. The van der Waals surface area contributed by atoms with Crippen molar-refractivity contribution in [2.45, 2.75) is 23.6 Å². The molecule has 0 amide bonds. The Labute approximate surface area is 190 Å². The molecule has 0 unspecified atom stereocenters. The van der Waals surface area contributed by atoms with E-state index in [0.717, 1.165) is 38.9 Å². The average molecular weight is 465 g/mol. The molecule has 6 nitrogen and oxygen atoms in total. The number of aromatic nitrogens is 1. The fraction of sp³-hybridized carbons (Fsp3) is 0.125. The summed E-state index contributed by atoms with van der Waals surface area (Å²) in [6.07, 6.45) is 1.73. The lowest BCUT2D eigenvalue weighted by Gasteiger charge is -2.13. The van der Waals surface area contributed by atoms with Gasteiger partial charge in [-0.05, 0) is 42.3 Å². The van der Waals surface area contributed by atoms with Crippen LogP contribution in [0.3, 0.4) is 0 Å². The Bertz CT molecular complexity index is 1460. The number of thiophene rings is 1. The summed E-state index contributed by atoms with van der Waals surface area (Å²) in [6.45, 7) is 1.96. The van der Waals surface area contributed by atoms with Crippen LogP contribution in [-0.2, 0) is 21.2 Å². The maximum atomic E-state index is 12.9. The number of rotatable bonds is 6. The van der Waals surface area contributed by atoms with Crippen molar-refractivity contribution in [1.29, 1.82) is 0 Å². The van der Waals surface area contributed by atoms with Crippen molar-refractivity contribution in [1.82, 2.24) is 9.71 Å². The second-order valence-electron chi connectivity index (χ2n) is 7.26. The molecule has 0 aliphatic heterocycles. The van der Waals surface area contributed by atoms with Crippen molar-refractivity contribution in [2.75, 3.05) is 0 Å². The number of para-hydroxylation sites is 1. The van der Waals surface area contributed by atoms with Crippen molar-refractivity contribution in [3.8, 4) is 11.8 Å². The van der Waals surface area contributed by atoms with Gasteiger partial charge >= 0.3 is 5.97 Å². The SMILES string of the molecule is Cc1ccccc1C#Cc1ccc(S(=O)(=O)N[C@H](Cc2c[nH]c3ccccc23)C(=O)O)s1. The number of nitrogens with one attached hydrogen (secondary N) is 2. The number of aliphatic carboxylic acids is 1. The number of H-pyrrole nitrogens is 1. The van der Waals surface area contributed by atoms with Gasteiger partial charge in [0.05, 0.1) is 4.88 Å². The van der Waals surface area contributed by atoms with E-state index in [1.54, 1.807) is 12.3 Å². The highest BCUT2D eigenvalue weighted by molar-refractivity contribution is 7.91. The summed E-state index contributed by atoms with van der Waals surface area (Å²) in [4.78, 5) is 15.5. The number of sulfonamides is 1. The van der Waals surface area contributed by atoms with E-state index in [9.17, 15) is 18.3 Å². The fourth-order valence-corrected chi connectivity index (χ4v) is 5.68. The minimum absolute atomic E-state index is 0.0178. The number of hydrogen-bond acceptors (Lipinski definition) is 4. The van der Waals surface area contributed by atoms with Gasteiger partial charge in [0.15, 0.2) is 0 Å². The highest BCUT2D eigenvalue weighted by Crippen LogP contribution is 2.23. The van der Waals surface area contributed by atoms with Crippen molar-refractivity contribution < 1.29 is 18.3 Å². The molecular weight excluding hydrogens is 444 g/mol. The Morgan fingerprint density at radius 1 is 1.09 bits per heavy atom. The standard InChI is InChI=1S/C24H20N2O4S2/c1-16-6-2-3-7-17(16)10-11-19-12-13-23(31-19)32(29,30)26-22(24(27)28)14-18-15-25-21-9-5-4-8-20(18)21/h2-9,12-13,15,22,25-26H,14H2,1H3,(H,27,28)/t22-/m1/s1. The summed E-state index contributed by atoms with van der Waals surface area (Å²) in [5.41, 5.74) is 3.50. The predicted molar refractivity (Wildman–Crippen MR) is 125 cm³/mol. The molecule has 0 saturated carbocycles. The van der Waals surface area contributed by atoms with Crippen LogP contribution in [0.1, 0.15) is 21.6 Å². The van der Waals surface area contributed by atoms with Crippen LogP contribution < -0.4 is 4.72 Å². The zero-order valence-electron chi connectivity index (χ0n) is 17.1. The first-order valence-electron chi connectivity index (χ1n) is 9.81. The van der Waals surface area contributed by atoms with E-state index in [-0.39, 0.29) is 10.6 Å². The number of carbonyl (C=O) groups is 1. The molecule has 0 bridgehead atoms. The van der Waals surface area contributed by atoms with Gasteiger partial charge in [0.1, 0.15) is 10.3 Å². The van der Waals surface area contributed by atoms with Gasteiger partial charge in [-0.25, -0.2) is 8.42 Å². The van der Waals surface area contributed by atoms with Crippen LogP contribution in [0, 0.1) is 18.8 Å². The molecule has 0 fully saturated rings. The second kappa shape index (κ2) is 9.01. The Morgan fingerprint density at radius 2 is 1.84 bits per heavy atom. The third-order valence-electron chi connectivity index (χ3n) is 5.01. The molecule has 32 heavy (non-hydrogen) atoms. The molecule has 0 radical (unpaired) electrons. The van der Waals surface area contributed by atoms with E-state index in [0.29, 0.717) is 4.88 Å². The Morgan fingerprint density at radius 3 is 2.62 bits per heavy atom. The molecule has 2 aromatic heterocycles. The number of hydrogen-bond donors (Lipinski definition) is 3. The summed E-state index contributed by atoms with van der Waals surface area (Å²) in [5.74, 6) is 4.79. The van der Waals surface area contributed by atoms with E-state index in [1.165, 1.54) is 6.07 Å². The Hall–Kier alpha value is -3.38. The molecular formula is C24H20N2O4S2. The molecule has 0 aliphatic rings. The number of aromatic amines is 1. The van der Waals surface area contributed by atoms with Gasteiger partial charge in [0, 0.05) is 29.1 Å². The van der Waals surface area contributed by atoms with Crippen molar-refractivity contribution in [2.24, 2.45) is 0 Å². The second-order valence-corrected chi connectivity index (χ2v) is 10.3. The molecule has 2 heterocycles. The first-order chi connectivity index (χ1) is 15.3. The minimum Gasteiger partial charge on any atom is -0.480 e. The Balaban J connectivity index is 1.54. The third kappa shape index (κ3) is 4.75. The van der Waals surface area contributed by atoms with Crippen molar-refractivity contribution >= 4 is 38.2 Å². The van der Waals surface area contributed by atoms with Gasteiger partial charge in [-0.3, -0.25) is 4.79 Å². The molecule has 2 aromatic carbocycles. The molecule has 0 aliphatic carbocycles. The normalized spacial score (nSPS) is 12.3. The van der Waals surface area contributed by atoms with Crippen LogP contribution in [0.2, 0.25) is 0 Å². The molecule has 1 atom stereocenters. The van der Waals surface area contributed by atoms with Crippen LogP contribution in [0.25, 0.3) is 10.9 Å². The van der Waals surface area contributed by atoms with Crippen LogP contribution in [0.4, 0.5) is 0 Å². The van der Waals surface area contributed by atoms with Gasteiger partial charge < -0.3 is 10.1 Å². The van der Waals surface area contributed by atoms with E-state index in [4.69, 9.17) is 0 Å². The third-order valence-corrected chi connectivity index (χ3v) is 7.97. The zero-order chi connectivity index (χ0) is 22.7. The first kappa shape index (κ1) is 21.8. The summed E-state index contributed by atoms with van der Waals surface area (Å²) < 4.78 is 28.1. The lowest BCUT2D eigenvalue weighted by atomic mass is 10.1. The molecule has 162 valence electrons. The van der Waals surface area contributed by atoms with Gasteiger partial charge in [0.2, 0.25) is 0 Å². The minimum atomic E-state index is -4.02. The molecule has 0 saturated heterocycles. The van der Waals surface area contributed by atoms with Crippen LogP contribution in [0.15, 0.2) is 71.1 Å². The van der Waals surface area contributed by atoms with E-state index in [1.807, 2.05) is 55.5 Å². The lowest BCUT2D eigenvalue weighted by molar-refractivity contribution is -0.138. The van der Waals surface area contributed by atoms with E-state index < -0.39 is 22.0 Å². The molecule has 8 heteroatoms. The van der Waals surface area contributed by atoms with Crippen LogP contribution >= 0.6 is 11.3 Å². The summed E-state index contributed by atoms with van der Waals surface area (Å²) in [5, 5.41) is 10.5.